The highest BCUT2D eigenvalue weighted by molar-refractivity contribution is 5.80. The van der Waals surface area contributed by atoms with Gasteiger partial charge in [-0.15, -0.1) is 0 Å². The van der Waals surface area contributed by atoms with Gasteiger partial charge >= 0.3 is 0 Å². The Bertz CT molecular complexity index is 194. The minimum absolute atomic E-state index is 0.124. The Kier molecular flexibility index (Phi) is 3.48. The summed E-state index contributed by atoms with van der Waals surface area (Å²) < 4.78 is 0. The molecule has 0 fully saturated rings. The minimum Gasteiger partial charge on any atom is -0.385 e. The van der Waals surface area contributed by atoms with Crippen LogP contribution in [0.15, 0.2) is 11.6 Å². The number of aliphatic hydroxyl groups is 1. The summed E-state index contributed by atoms with van der Waals surface area (Å²) in [6, 6.07) is 0. The molecule has 0 aromatic rings. The monoisotopic (exact) mass is 168 g/mol. The smallest absolute Gasteiger partial charge is 0.158 e. The van der Waals surface area contributed by atoms with E-state index in [1.807, 2.05) is 0 Å². The third kappa shape index (κ3) is 2.78. The highest BCUT2D eigenvalue weighted by atomic mass is 16.3. The highest BCUT2D eigenvalue weighted by Gasteiger charge is 2.13. The summed E-state index contributed by atoms with van der Waals surface area (Å²) in [6.07, 6.45) is 6.57. The van der Waals surface area contributed by atoms with Crippen LogP contribution in [-0.2, 0) is 4.79 Å². The van der Waals surface area contributed by atoms with E-state index >= 15 is 0 Å². The van der Waals surface area contributed by atoms with E-state index in [1.165, 1.54) is 25.3 Å². The zero-order valence-electron chi connectivity index (χ0n) is 7.55. The molecule has 0 saturated heterocycles. The quantitative estimate of drug-likeness (QED) is 0.653. The van der Waals surface area contributed by atoms with E-state index in [1.54, 1.807) is 0 Å². The lowest BCUT2D eigenvalue weighted by molar-refractivity contribution is -0.124. The SMILES string of the molecule is CC(=O)C(O)CC1=CCCCC1. The van der Waals surface area contributed by atoms with Crippen molar-refractivity contribution in [2.45, 2.75) is 45.1 Å². The molecule has 0 spiro atoms. The molecular formula is C10H16O2. The lowest BCUT2D eigenvalue weighted by Crippen LogP contribution is -2.17. The number of allylic oxidation sites excluding steroid dienone is 1. The van der Waals surface area contributed by atoms with Crippen LogP contribution in [0.4, 0.5) is 0 Å². The first-order chi connectivity index (χ1) is 5.70. The summed E-state index contributed by atoms with van der Waals surface area (Å²) in [5, 5.41) is 9.29. The molecule has 1 rings (SSSR count). The van der Waals surface area contributed by atoms with E-state index < -0.39 is 6.10 Å². The molecule has 68 valence electrons. The summed E-state index contributed by atoms with van der Waals surface area (Å²) in [7, 11) is 0. The maximum atomic E-state index is 10.7. The van der Waals surface area contributed by atoms with Gasteiger partial charge in [-0.1, -0.05) is 11.6 Å². The van der Waals surface area contributed by atoms with Crippen LogP contribution in [-0.4, -0.2) is 17.0 Å². The second-order valence-electron chi connectivity index (χ2n) is 3.44. The number of aliphatic hydroxyl groups excluding tert-OH is 1. The van der Waals surface area contributed by atoms with Crippen molar-refractivity contribution in [3.8, 4) is 0 Å². The number of hydrogen-bond acceptors (Lipinski definition) is 2. The Labute approximate surface area is 73.3 Å². The van der Waals surface area contributed by atoms with E-state index in [0.717, 1.165) is 12.8 Å². The van der Waals surface area contributed by atoms with Gasteiger partial charge in [0.15, 0.2) is 5.78 Å². The van der Waals surface area contributed by atoms with E-state index in [0.29, 0.717) is 6.42 Å². The molecule has 2 heteroatoms. The Morgan fingerprint density at radius 2 is 2.42 bits per heavy atom. The van der Waals surface area contributed by atoms with Crippen molar-refractivity contribution in [3.63, 3.8) is 0 Å². The van der Waals surface area contributed by atoms with Crippen LogP contribution in [0.5, 0.6) is 0 Å². The molecule has 1 N–H and O–H groups in total. The average molecular weight is 168 g/mol. The van der Waals surface area contributed by atoms with Gasteiger partial charge in [-0.05, 0) is 32.6 Å². The van der Waals surface area contributed by atoms with Crippen LogP contribution in [0.2, 0.25) is 0 Å². The van der Waals surface area contributed by atoms with E-state index in [4.69, 9.17) is 0 Å². The first kappa shape index (κ1) is 9.46. The van der Waals surface area contributed by atoms with Crippen LogP contribution in [0, 0.1) is 0 Å². The highest BCUT2D eigenvalue weighted by Crippen LogP contribution is 2.21. The minimum atomic E-state index is -0.769. The van der Waals surface area contributed by atoms with Gasteiger partial charge in [0.1, 0.15) is 6.10 Å². The van der Waals surface area contributed by atoms with Crippen molar-refractivity contribution < 1.29 is 9.90 Å². The Morgan fingerprint density at radius 1 is 1.67 bits per heavy atom. The molecule has 1 atom stereocenters. The number of carbonyl (C=O) groups is 1. The fourth-order valence-corrected chi connectivity index (χ4v) is 1.48. The van der Waals surface area contributed by atoms with E-state index in [9.17, 15) is 9.90 Å². The standard InChI is InChI=1S/C10H16O2/c1-8(11)10(12)7-9-5-3-2-4-6-9/h5,10,12H,2-4,6-7H2,1H3. The summed E-state index contributed by atoms with van der Waals surface area (Å²) in [5.41, 5.74) is 1.25. The van der Waals surface area contributed by atoms with Crippen molar-refractivity contribution >= 4 is 5.78 Å². The molecule has 0 saturated carbocycles. The van der Waals surface area contributed by atoms with Gasteiger partial charge in [-0.3, -0.25) is 4.79 Å². The third-order valence-corrected chi connectivity index (χ3v) is 2.31. The first-order valence-electron chi connectivity index (χ1n) is 4.56. The topological polar surface area (TPSA) is 37.3 Å². The molecule has 0 radical (unpaired) electrons. The summed E-state index contributed by atoms with van der Waals surface area (Å²) in [4.78, 5) is 10.7. The van der Waals surface area contributed by atoms with Gasteiger partial charge in [0.25, 0.3) is 0 Å². The van der Waals surface area contributed by atoms with E-state index in [-0.39, 0.29) is 5.78 Å². The zero-order chi connectivity index (χ0) is 8.97. The second kappa shape index (κ2) is 4.41. The number of rotatable bonds is 3. The Morgan fingerprint density at radius 3 is 2.92 bits per heavy atom. The van der Waals surface area contributed by atoms with Gasteiger partial charge in [0, 0.05) is 6.42 Å². The van der Waals surface area contributed by atoms with Crippen LogP contribution in [0.3, 0.4) is 0 Å². The molecule has 0 aromatic heterocycles. The van der Waals surface area contributed by atoms with Crippen molar-refractivity contribution in [1.29, 1.82) is 0 Å². The molecule has 0 aromatic carbocycles. The molecule has 12 heavy (non-hydrogen) atoms. The largest absolute Gasteiger partial charge is 0.385 e. The molecule has 0 aliphatic heterocycles. The van der Waals surface area contributed by atoms with Gasteiger partial charge in [0.2, 0.25) is 0 Å². The predicted octanol–water partition coefficient (Wildman–Crippen LogP) is 1.83. The van der Waals surface area contributed by atoms with Gasteiger partial charge in [-0.2, -0.15) is 0 Å². The molecule has 0 heterocycles. The third-order valence-electron chi connectivity index (χ3n) is 2.31. The van der Waals surface area contributed by atoms with Crippen molar-refractivity contribution in [2.75, 3.05) is 0 Å². The lowest BCUT2D eigenvalue weighted by Gasteiger charge is -2.14. The summed E-state index contributed by atoms with van der Waals surface area (Å²) >= 11 is 0. The summed E-state index contributed by atoms with van der Waals surface area (Å²) in [5.74, 6) is -0.124. The maximum absolute atomic E-state index is 10.7. The average Bonchev–Trinajstić information content (AvgIpc) is 2.06. The second-order valence-corrected chi connectivity index (χ2v) is 3.44. The van der Waals surface area contributed by atoms with Crippen molar-refractivity contribution in [1.82, 2.24) is 0 Å². The van der Waals surface area contributed by atoms with Crippen LogP contribution in [0.1, 0.15) is 39.0 Å². The van der Waals surface area contributed by atoms with Gasteiger partial charge < -0.3 is 5.11 Å². The normalized spacial score (nSPS) is 20.0. The Balaban J connectivity index is 2.39. The molecule has 0 bridgehead atoms. The predicted molar refractivity (Wildman–Crippen MR) is 47.9 cm³/mol. The first-order valence-corrected chi connectivity index (χ1v) is 4.56. The number of Topliss-reactive ketones (excluding diaryl/α,β-unsaturated/α-hetero) is 1. The lowest BCUT2D eigenvalue weighted by atomic mass is 9.94. The fraction of sp³-hybridized carbons (Fsp3) is 0.700. The molecule has 1 unspecified atom stereocenters. The van der Waals surface area contributed by atoms with Crippen LogP contribution in [0.25, 0.3) is 0 Å². The maximum Gasteiger partial charge on any atom is 0.158 e. The Hall–Kier alpha value is -0.630. The molecule has 1 aliphatic carbocycles. The van der Waals surface area contributed by atoms with E-state index in [2.05, 4.69) is 6.08 Å². The van der Waals surface area contributed by atoms with Crippen molar-refractivity contribution in [2.24, 2.45) is 0 Å². The molecule has 2 nitrogen and oxygen atoms in total. The van der Waals surface area contributed by atoms with Crippen molar-refractivity contribution in [3.05, 3.63) is 11.6 Å². The molecule has 0 amide bonds. The fourth-order valence-electron chi connectivity index (χ4n) is 1.48. The van der Waals surface area contributed by atoms with Gasteiger partial charge in [-0.25, -0.2) is 0 Å². The summed E-state index contributed by atoms with van der Waals surface area (Å²) in [6.45, 7) is 1.44. The molecular weight excluding hydrogens is 152 g/mol. The van der Waals surface area contributed by atoms with Gasteiger partial charge in [0.05, 0.1) is 0 Å². The number of hydrogen-bond donors (Lipinski definition) is 1. The van der Waals surface area contributed by atoms with Crippen LogP contribution >= 0.6 is 0 Å². The number of ketones is 1. The molecule has 1 aliphatic rings. The van der Waals surface area contributed by atoms with Crippen LogP contribution < -0.4 is 0 Å². The number of carbonyl (C=O) groups excluding carboxylic acids is 1. The zero-order valence-corrected chi connectivity index (χ0v) is 7.55.